The van der Waals surface area contributed by atoms with Gasteiger partial charge in [-0.3, -0.25) is 0 Å². The van der Waals surface area contributed by atoms with Gasteiger partial charge in [0.05, 0.1) is 0 Å². The van der Waals surface area contributed by atoms with Crippen molar-refractivity contribution in [3.05, 3.63) is 51.0 Å². The van der Waals surface area contributed by atoms with Crippen LogP contribution in [0.1, 0.15) is 5.56 Å². The number of nitrogens with zero attached hydrogens (tertiary/aromatic N) is 1. The van der Waals surface area contributed by atoms with Crippen molar-refractivity contribution in [2.24, 2.45) is 0 Å². The molecular formula is C12H10Br2N2. The van der Waals surface area contributed by atoms with Gasteiger partial charge >= 0.3 is 0 Å². The summed E-state index contributed by atoms with van der Waals surface area (Å²) in [5, 5.41) is 3.28. The van der Waals surface area contributed by atoms with Crippen LogP contribution in [0.15, 0.2) is 45.5 Å². The molecule has 1 heterocycles. The molecule has 0 fully saturated rings. The van der Waals surface area contributed by atoms with Gasteiger partial charge < -0.3 is 5.32 Å². The molecule has 0 saturated heterocycles. The number of aromatic nitrogens is 1. The summed E-state index contributed by atoms with van der Waals surface area (Å²) in [4.78, 5) is 4.33. The van der Waals surface area contributed by atoms with Crippen LogP contribution >= 0.6 is 31.9 Å². The summed E-state index contributed by atoms with van der Waals surface area (Å²) in [6, 6.07) is 10.0. The van der Waals surface area contributed by atoms with E-state index in [0.717, 1.165) is 26.0 Å². The molecular weight excluding hydrogens is 332 g/mol. The van der Waals surface area contributed by atoms with Gasteiger partial charge in [-0.1, -0.05) is 22.0 Å². The molecule has 2 rings (SSSR count). The first-order chi connectivity index (χ1) is 7.65. The zero-order chi connectivity index (χ0) is 11.5. The topological polar surface area (TPSA) is 24.9 Å². The predicted octanol–water partition coefficient (Wildman–Crippen LogP) is 4.66. The molecule has 0 radical (unpaired) electrons. The molecule has 4 heteroatoms. The van der Waals surface area contributed by atoms with Crippen LogP contribution in [-0.4, -0.2) is 4.98 Å². The second-order valence-electron chi connectivity index (χ2n) is 3.45. The number of rotatable bonds is 2. The van der Waals surface area contributed by atoms with Crippen molar-refractivity contribution in [3.63, 3.8) is 0 Å². The molecule has 0 aliphatic heterocycles. The van der Waals surface area contributed by atoms with Gasteiger partial charge in [-0.05, 0) is 52.7 Å². The number of halogens is 2. The zero-order valence-electron chi connectivity index (χ0n) is 8.67. The Hall–Kier alpha value is -0.870. The molecule has 16 heavy (non-hydrogen) atoms. The highest BCUT2D eigenvalue weighted by atomic mass is 79.9. The lowest BCUT2D eigenvalue weighted by molar-refractivity contribution is 1.24. The highest BCUT2D eigenvalue weighted by Crippen LogP contribution is 2.22. The number of hydrogen-bond acceptors (Lipinski definition) is 2. The summed E-state index contributed by atoms with van der Waals surface area (Å²) in [7, 11) is 0. The van der Waals surface area contributed by atoms with Crippen molar-refractivity contribution in [1.29, 1.82) is 0 Å². The van der Waals surface area contributed by atoms with E-state index in [4.69, 9.17) is 0 Å². The van der Waals surface area contributed by atoms with Gasteiger partial charge in [-0.15, -0.1) is 0 Å². The molecule has 0 bridgehead atoms. The zero-order valence-corrected chi connectivity index (χ0v) is 11.8. The highest BCUT2D eigenvalue weighted by molar-refractivity contribution is 9.10. The summed E-state index contributed by atoms with van der Waals surface area (Å²) < 4.78 is 2.04. The average molecular weight is 342 g/mol. The maximum absolute atomic E-state index is 4.33. The Kier molecular flexibility index (Phi) is 3.61. The monoisotopic (exact) mass is 340 g/mol. The Morgan fingerprint density at radius 3 is 2.62 bits per heavy atom. The summed E-state index contributed by atoms with van der Waals surface area (Å²) in [6.45, 7) is 2.03. The van der Waals surface area contributed by atoms with E-state index in [-0.39, 0.29) is 0 Å². The lowest BCUT2D eigenvalue weighted by Gasteiger charge is -2.08. The summed E-state index contributed by atoms with van der Waals surface area (Å²) in [6.07, 6.45) is 1.79. The first-order valence-electron chi connectivity index (χ1n) is 4.80. The number of anilines is 2. The van der Waals surface area contributed by atoms with Gasteiger partial charge in [0.1, 0.15) is 5.82 Å². The van der Waals surface area contributed by atoms with Gasteiger partial charge in [0.2, 0.25) is 0 Å². The smallest absolute Gasteiger partial charge is 0.133 e. The standard InChI is InChI=1S/C12H10Br2N2/c1-8-5-10(14)7-15-12(8)16-11-4-2-3-9(13)6-11/h2-7H,1H3,(H,15,16). The van der Waals surface area contributed by atoms with Crippen molar-refractivity contribution >= 4 is 43.4 Å². The van der Waals surface area contributed by atoms with E-state index in [1.165, 1.54) is 0 Å². The third-order valence-electron chi connectivity index (χ3n) is 2.13. The second kappa shape index (κ2) is 4.97. The molecule has 0 saturated carbocycles. The van der Waals surface area contributed by atoms with Gasteiger partial charge in [0, 0.05) is 20.8 Å². The van der Waals surface area contributed by atoms with Gasteiger partial charge in [-0.25, -0.2) is 4.98 Å². The summed E-state index contributed by atoms with van der Waals surface area (Å²) in [5.74, 6) is 0.876. The molecule has 0 spiro atoms. The molecule has 1 aromatic carbocycles. The number of aryl methyl sites for hydroxylation is 1. The molecule has 0 atom stereocenters. The maximum atomic E-state index is 4.33. The van der Waals surface area contributed by atoms with E-state index in [2.05, 4.69) is 42.2 Å². The van der Waals surface area contributed by atoms with Crippen LogP contribution in [0.4, 0.5) is 11.5 Å². The van der Waals surface area contributed by atoms with E-state index in [0.29, 0.717) is 0 Å². The van der Waals surface area contributed by atoms with Crippen LogP contribution in [-0.2, 0) is 0 Å². The Morgan fingerprint density at radius 2 is 1.94 bits per heavy atom. The molecule has 1 aromatic heterocycles. The first-order valence-corrected chi connectivity index (χ1v) is 6.38. The maximum Gasteiger partial charge on any atom is 0.133 e. The normalized spacial score (nSPS) is 10.2. The molecule has 0 amide bonds. The lowest BCUT2D eigenvalue weighted by atomic mass is 10.2. The van der Waals surface area contributed by atoms with Crippen molar-refractivity contribution in [2.75, 3.05) is 5.32 Å². The minimum Gasteiger partial charge on any atom is -0.340 e. The highest BCUT2D eigenvalue weighted by Gasteiger charge is 2.01. The van der Waals surface area contributed by atoms with Gasteiger partial charge in [-0.2, -0.15) is 0 Å². The Bertz CT molecular complexity index is 512. The third kappa shape index (κ3) is 2.83. The van der Waals surface area contributed by atoms with E-state index >= 15 is 0 Å². The largest absolute Gasteiger partial charge is 0.340 e. The minimum absolute atomic E-state index is 0.876. The van der Waals surface area contributed by atoms with Crippen LogP contribution in [0, 0.1) is 6.92 Å². The first kappa shape index (κ1) is 11.6. The van der Waals surface area contributed by atoms with Crippen molar-refractivity contribution in [2.45, 2.75) is 6.92 Å². The Morgan fingerprint density at radius 1 is 1.12 bits per heavy atom. The second-order valence-corrected chi connectivity index (χ2v) is 5.29. The third-order valence-corrected chi connectivity index (χ3v) is 3.06. The van der Waals surface area contributed by atoms with Crippen LogP contribution in [0.5, 0.6) is 0 Å². The molecule has 0 aliphatic carbocycles. The Labute approximate surface area is 111 Å². The fraction of sp³-hybridized carbons (Fsp3) is 0.0833. The molecule has 1 N–H and O–H groups in total. The van der Waals surface area contributed by atoms with Gasteiger partial charge in [0.15, 0.2) is 0 Å². The molecule has 2 aromatic rings. The van der Waals surface area contributed by atoms with Crippen LogP contribution in [0.3, 0.4) is 0 Å². The summed E-state index contributed by atoms with van der Waals surface area (Å²) in [5.41, 5.74) is 2.13. The van der Waals surface area contributed by atoms with E-state index in [9.17, 15) is 0 Å². The van der Waals surface area contributed by atoms with E-state index in [1.54, 1.807) is 6.20 Å². The van der Waals surface area contributed by atoms with Crippen molar-refractivity contribution in [1.82, 2.24) is 4.98 Å². The number of nitrogens with one attached hydrogen (secondary N) is 1. The van der Waals surface area contributed by atoms with Crippen LogP contribution in [0.25, 0.3) is 0 Å². The molecule has 82 valence electrons. The molecule has 0 aliphatic rings. The molecule has 2 nitrogen and oxygen atoms in total. The van der Waals surface area contributed by atoms with Crippen molar-refractivity contribution in [3.8, 4) is 0 Å². The molecule has 0 unspecified atom stereocenters. The lowest BCUT2D eigenvalue weighted by Crippen LogP contribution is -1.95. The predicted molar refractivity (Wildman–Crippen MR) is 74.1 cm³/mol. The van der Waals surface area contributed by atoms with Crippen LogP contribution < -0.4 is 5.32 Å². The summed E-state index contributed by atoms with van der Waals surface area (Å²) >= 11 is 6.83. The average Bonchev–Trinajstić information content (AvgIpc) is 2.22. The fourth-order valence-electron chi connectivity index (χ4n) is 1.37. The number of pyridine rings is 1. The van der Waals surface area contributed by atoms with E-state index < -0.39 is 0 Å². The Balaban J connectivity index is 2.27. The number of hydrogen-bond donors (Lipinski definition) is 1. The van der Waals surface area contributed by atoms with Gasteiger partial charge in [0.25, 0.3) is 0 Å². The SMILES string of the molecule is Cc1cc(Br)cnc1Nc1cccc(Br)c1. The van der Waals surface area contributed by atoms with Crippen LogP contribution in [0.2, 0.25) is 0 Å². The minimum atomic E-state index is 0.876. The number of benzene rings is 1. The fourth-order valence-corrected chi connectivity index (χ4v) is 2.22. The van der Waals surface area contributed by atoms with E-state index in [1.807, 2.05) is 37.3 Å². The van der Waals surface area contributed by atoms with Crippen molar-refractivity contribution < 1.29 is 0 Å². The quantitative estimate of drug-likeness (QED) is 0.859.